The van der Waals surface area contributed by atoms with Gasteiger partial charge in [-0.3, -0.25) is 10.1 Å². The molecular weight excluding hydrogens is 228 g/mol. The lowest BCUT2D eigenvalue weighted by Crippen LogP contribution is -2.29. The fourth-order valence-corrected chi connectivity index (χ4v) is 2.45. The molecule has 0 aliphatic carbocycles. The molecule has 1 aliphatic rings. The number of rotatable bonds is 3. The second kappa shape index (κ2) is 5.38. The number of anilines is 1. The molecular formula is C14H20N2O2. The summed E-state index contributed by atoms with van der Waals surface area (Å²) in [6.07, 6.45) is 3.49. The maximum atomic E-state index is 11.2. The van der Waals surface area contributed by atoms with E-state index in [-0.39, 0.29) is 10.6 Å². The fraction of sp³-hybridized carbons (Fsp3) is 0.571. The highest BCUT2D eigenvalue weighted by Crippen LogP contribution is 2.33. The largest absolute Gasteiger partial charge is 0.366 e. The van der Waals surface area contributed by atoms with E-state index in [4.69, 9.17) is 0 Å². The number of nitro groups is 1. The molecule has 0 aromatic heterocycles. The maximum Gasteiger partial charge on any atom is 0.292 e. The quantitative estimate of drug-likeness (QED) is 0.605. The van der Waals surface area contributed by atoms with Gasteiger partial charge in [0.05, 0.1) is 4.92 Å². The normalized spacial score (nSPS) is 16.1. The zero-order chi connectivity index (χ0) is 13.1. The maximum absolute atomic E-state index is 11.2. The summed E-state index contributed by atoms with van der Waals surface area (Å²) in [5, 5.41) is 11.2. The molecule has 0 bridgehead atoms. The summed E-state index contributed by atoms with van der Waals surface area (Å²) in [6, 6.07) is 5.66. The van der Waals surface area contributed by atoms with Crippen LogP contribution < -0.4 is 4.90 Å². The Balaban J connectivity index is 2.36. The van der Waals surface area contributed by atoms with E-state index in [1.54, 1.807) is 6.07 Å². The molecule has 0 atom stereocenters. The van der Waals surface area contributed by atoms with E-state index in [1.165, 1.54) is 6.42 Å². The summed E-state index contributed by atoms with van der Waals surface area (Å²) in [5.41, 5.74) is 2.06. The highest BCUT2D eigenvalue weighted by Gasteiger charge is 2.21. The van der Waals surface area contributed by atoms with Crippen molar-refractivity contribution in [2.24, 2.45) is 0 Å². The number of hydrogen-bond donors (Lipinski definition) is 0. The van der Waals surface area contributed by atoms with Crippen LogP contribution in [0.3, 0.4) is 0 Å². The molecule has 0 amide bonds. The van der Waals surface area contributed by atoms with Crippen LogP contribution in [0.5, 0.6) is 0 Å². The zero-order valence-electron chi connectivity index (χ0n) is 11.1. The molecule has 4 heteroatoms. The topological polar surface area (TPSA) is 46.4 Å². The van der Waals surface area contributed by atoms with Crippen LogP contribution in [0, 0.1) is 10.1 Å². The van der Waals surface area contributed by atoms with Crippen molar-refractivity contribution >= 4 is 11.4 Å². The zero-order valence-corrected chi connectivity index (χ0v) is 11.1. The molecule has 1 saturated heterocycles. The van der Waals surface area contributed by atoms with Gasteiger partial charge in [0, 0.05) is 19.2 Å². The SMILES string of the molecule is CC(C)c1ccc(N2CCCCC2)c([N+](=O)[O-])c1. The Hall–Kier alpha value is -1.58. The van der Waals surface area contributed by atoms with Gasteiger partial charge in [-0.1, -0.05) is 19.9 Å². The molecule has 1 aromatic rings. The molecule has 1 fully saturated rings. The van der Waals surface area contributed by atoms with Crippen molar-refractivity contribution in [2.75, 3.05) is 18.0 Å². The molecule has 0 N–H and O–H groups in total. The second-order valence-corrected chi connectivity index (χ2v) is 5.21. The van der Waals surface area contributed by atoms with E-state index in [2.05, 4.69) is 18.7 Å². The van der Waals surface area contributed by atoms with Crippen LogP contribution >= 0.6 is 0 Å². The van der Waals surface area contributed by atoms with Crippen molar-refractivity contribution < 1.29 is 4.92 Å². The van der Waals surface area contributed by atoms with E-state index in [9.17, 15) is 10.1 Å². The van der Waals surface area contributed by atoms with Gasteiger partial charge in [0.25, 0.3) is 5.69 Å². The van der Waals surface area contributed by atoms with Crippen molar-refractivity contribution in [3.05, 3.63) is 33.9 Å². The van der Waals surface area contributed by atoms with Gasteiger partial charge in [-0.25, -0.2) is 0 Å². The highest BCUT2D eigenvalue weighted by atomic mass is 16.6. The van der Waals surface area contributed by atoms with E-state index in [0.29, 0.717) is 5.92 Å². The molecule has 4 nitrogen and oxygen atoms in total. The Labute approximate surface area is 108 Å². The molecule has 1 aromatic carbocycles. The van der Waals surface area contributed by atoms with Crippen LogP contribution in [0.2, 0.25) is 0 Å². The minimum atomic E-state index is -0.254. The Morgan fingerprint density at radius 2 is 1.89 bits per heavy atom. The van der Waals surface area contributed by atoms with E-state index in [1.807, 2.05) is 12.1 Å². The van der Waals surface area contributed by atoms with Crippen LogP contribution in [-0.4, -0.2) is 18.0 Å². The molecule has 2 rings (SSSR count). The fourth-order valence-electron chi connectivity index (χ4n) is 2.45. The van der Waals surface area contributed by atoms with Gasteiger partial charge >= 0.3 is 0 Å². The van der Waals surface area contributed by atoms with Crippen LogP contribution in [0.15, 0.2) is 18.2 Å². The lowest BCUT2D eigenvalue weighted by molar-refractivity contribution is -0.384. The summed E-state index contributed by atoms with van der Waals surface area (Å²) < 4.78 is 0. The Bertz CT molecular complexity index is 437. The molecule has 18 heavy (non-hydrogen) atoms. The van der Waals surface area contributed by atoms with Gasteiger partial charge in [-0.15, -0.1) is 0 Å². The Morgan fingerprint density at radius 3 is 2.44 bits per heavy atom. The summed E-state index contributed by atoms with van der Waals surface area (Å²) in [4.78, 5) is 13.1. The number of hydrogen-bond acceptors (Lipinski definition) is 3. The van der Waals surface area contributed by atoms with Crippen molar-refractivity contribution in [1.29, 1.82) is 0 Å². The Kier molecular flexibility index (Phi) is 3.84. The predicted molar refractivity (Wildman–Crippen MR) is 73.2 cm³/mol. The molecule has 0 unspecified atom stereocenters. The van der Waals surface area contributed by atoms with Gasteiger partial charge in [0.15, 0.2) is 0 Å². The third kappa shape index (κ3) is 2.63. The van der Waals surface area contributed by atoms with Gasteiger partial charge in [-0.05, 0) is 36.8 Å². The van der Waals surface area contributed by atoms with Crippen molar-refractivity contribution in [3.63, 3.8) is 0 Å². The van der Waals surface area contributed by atoms with Crippen molar-refractivity contribution in [1.82, 2.24) is 0 Å². The van der Waals surface area contributed by atoms with E-state index < -0.39 is 0 Å². The molecule has 0 radical (unpaired) electrons. The standard InChI is InChI=1S/C14H20N2O2/c1-11(2)12-6-7-13(14(10-12)16(17)18)15-8-4-3-5-9-15/h6-7,10-11H,3-5,8-9H2,1-2H3. The smallest absolute Gasteiger partial charge is 0.292 e. The first-order valence-electron chi connectivity index (χ1n) is 6.63. The summed E-state index contributed by atoms with van der Waals surface area (Å²) in [5.74, 6) is 0.319. The summed E-state index contributed by atoms with van der Waals surface area (Å²) in [6.45, 7) is 5.98. The van der Waals surface area contributed by atoms with Gasteiger partial charge in [-0.2, -0.15) is 0 Å². The third-order valence-electron chi connectivity index (χ3n) is 3.56. The second-order valence-electron chi connectivity index (χ2n) is 5.21. The van der Waals surface area contributed by atoms with Gasteiger partial charge in [0.1, 0.15) is 5.69 Å². The van der Waals surface area contributed by atoms with Gasteiger partial charge in [0.2, 0.25) is 0 Å². The summed E-state index contributed by atoms with van der Waals surface area (Å²) >= 11 is 0. The first-order chi connectivity index (χ1) is 8.59. The van der Waals surface area contributed by atoms with Crippen molar-refractivity contribution in [3.8, 4) is 0 Å². The van der Waals surface area contributed by atoms with E-state index in [0.717, 1.165) is 37.2 Å². The number of nitro benzene ring substituents is 1. The predicted octanol–water partition coefficient (Wildman–Crippen LogP) is 3.71. The minimum Gasteiger partial charge on any atom is -0.366 e. The molecule has 1 aliphatic heterocycles. The average Bonchev–Trinajstić information content (AvgIpc) is 2.39. The number of benzene rings is 1. The highest BCUT2D eigenvalue weighted by molar-refractivity contribution is 5.64. The van der Waals surface area contributed by atoms with Crippen LogP contribution in [0.25, 0.3) is 0 Å². The van der Waals surface area contributed by atoms with Gasteiger partial charge < -0.3 is 4.90 Å². The molecule has 98 valence electrons. The molecule has 1 heterocycles. The van der Waals surface area contributed by atoms with Crippen molar-refractivity contribution in [2.45, 2.75) is 39.0 Å². The number of nitrogens with zero attached hydrogens (tertiary/aromatic N) is 2. The first-order valence-corrected chi connectivity index (χ1v) is 6.63. The molecule has 0 saturated carbocycles. The number of piperidine rings is 1. The Morgan fingerprint density at radius 1 is 1.22 bits per heavy atom. The lowest BCUT2D eigenvalue weighted by atomic mass is 10.0. The first kappa shape index (κ1) is 12.9. The van der Waals surface area contributed by atoms with Crippen LogP contribution in [0.4, 0.5) is 11.4 Å². The average molecular weight is 248 g/mol. The monoisotopic (exact) mass is 248 g/mol. The van der Waals surface area contributed by atoms with Crippen LogP contribution in [-0.2, 0) is 0 Å². The molecule has 0 spiro atoms. The summed E-state index contributed by atoms with van der Waals surface area (Å²) in [7, 11) is 0. The van der Waals surface area contributed by atoms with E-state index >= 15 is 0 Å². The minimum absolute atomic E-state index is 0.253. The third-order valence-corrected chi connectivity index (χ3v) is 3.56. The van der Waals surface area contributed by atoms with Crippen LogP contribution in [0.1, 0.15) is 44.6 Å². The lowest BCUT2D eigenvalue weighted by Gasteiger charge is -2.28.